The van der Waals surface area contributed by atoms with Crippen molar-refractivity contribution in [3.05, 3.63) is 65.5 Å². The predicted molar refractivity (Wildman–Crippen MR) is 68.7 cm³/mol. The second-order valence-electron chi connectivity index (χ2n) is 4.29. The van der Waals surface area contributed by atoms with E-state index in [1.165, 1.54) is 5.56 Å². The van der Waals surface area contributed by atoms with Crippen molar-refractivity contribution >= 4 is 0 Å². The zero-order chi connectivity index (χ0) is 12.1. The molecule has 17 heavy (non-hydrogen) atoms. The van der Waals surface area contributed by atoms with Gasteiger partial charge in [0, 0.05) is 6.20 Å². The van der Waals surface area contributed by atoms with E-state index in [4.69, 9.17) is 0 Å². The Balaban J connectivity index is 2.17. The summed E-state index contributed by atoms with van der Waals surface area (Å²) in [6.45, 7) is 2.18. The van der Waals surface area contributed by atoms with Crippen LogP contribution >= 0.6 is 0 Å². The molecule has 88 valence electrons. The normalized spacial score (nSPS) is 12.4. The number of nitrogens with zero attached hydrogens (tertiary/aromatic N) is 1. The Morgan fingerprint density at radius 1 is 1.12 bits per heavy atom. The Labute approximate surface area is 102 Å². The zero-order valence-corrected chi connectivity index (χ0v) is 10.0. The molecule has 2 nitrogen and oxygen atoms in total. The largest absolute Gasteiger partial charge is 0.390 e. The van der Waals surface area contributed by atoms with Gasteiger partial charge in [0.05, 0.1) is 12.3 Å². The summed E-state index contributed by atoms with van der Waals surface area (Å²) in [6.07, 6.45) is 2.70. The fourth-order valence-corrected chi connectivity index (χ4v) is 2.11. The summed E-state index contributed by atoms with van der Waals surface area (Å²) >= 11 is 0. The lowest BCUT2D eigenvalue weighted by molar-refractivity contribution is 0.275. The minimum absolute atomic E-state index is 0.00923. The third-order valence-electron chi connectivity index (χ3n) is 2.99. The van der Waals surface area contributed by atoms with Gasteiger partial charge in [-0.3, -0.25) is 4.98 Å². The quantitative estimate of drug-likeness (QED) is 0.871. The smallest absolute Gasteiger partial charge is 0.0855 e. The zero-order valence-electron chi connectivity index (χ0n) is 10.0. The second kappa shape index (κ2) is 5.60. The van der Waals surface area contributed by atoms with E-state index in [-0.39, 0.29) is 6.61 Å². The van der Waals surface area contributed by atoms with Crippen LogP contribution in [0.15, 0.2) is 48.7 Å². The fourth-order valence-electron chi connectivity index (χ4n) is 2.11. The summed E-state index contributed by atoms with van der Waals surface area (Å²) in [7, 11) is 0. The first-order chi connectivity index (χ1) is 8.31. The molecule has 1 unspecified atom stereocenters. The highest BCUT2D eigenvalue weighted by Crippen LogP contribution is 2.22. The molecule has 0 amide bonds. The molecule has 1 heterocycles. The molecule has 0 saturated heterocycles. The molecule has 0 aliphatic carbocycles. The average molecular weight is 227 g/mol. The lowest BCUT2D eigenvalue weighted by atomic mass is 9.93. The maximum atomic E-state index is 9.27. The number of aliphatic hydroxyl groups is 1. The maximum absolute atomic E-state index is 9.27. The molecule has 0 aliphatic rings. The molecular formula is C15H17NO. The van der Waals surface area contributed by atoms with Crippen molar-refractivity contribution in [2.24, 2.45) is 0 Å². The van der Waals surface area contributed by atoms with E-state index in [0.717, 1.165) is 17.7 Å². The number of pyridine rings is 1. The molecule has 1 N–H and O–H groups in total. The number of benzene rings is 1. The monoisotopic (exact) mass is 227 g/mol. The van der Waals surface area contributed by atoms with E-state index in [1.54, 1.807) is 6.20 Å². The van der Waals surface area contributed by atoms with Gasteiger partial charge in [0.25, 0.3) is 0 Å². The van der Waals surface area contributed by atoms with Crippen LogP contribution in [0.4, 0.5) is 0 Å². The summed E-state index contributed by atoms with van der Waals surface area (Å²) in [5.41, 5.74) is 3.24. The number of hydrogen-bond acceptors (Lipinski definition) is 2. The molecule has 1 aromatic heterocycles. The molecule has 0 radical (unpaired) electrons. The Morgan fingerprint density at radius 2 is 1.88 bits per heavy atom. The van der Waals surface area contributed by atoms with Gasteiger partial charge in [0.2, 0.25) is 0 Å². The minimum atomic E-state index is 0.00923. The van der Waals surface area contributed by atoms with E-state index >= 15 is 0 Å². The van der Waals surface area contributed by atoms with Crippen LogP contribution in [0.1, 0.15) is 29.7 Å². The van der Waals surface area contributed by atoms with Crippen molar-refractivity contribution < 1.29 is 5.11 Å². The highest BCUT2D eigenvalue weighted by molar-refractivity contribution is 5.26. The number of aliphatic hydroxyl groups excluding tert-OH is 1. The van der Waals surface area contributed by atoms with Gasteiger partial charge in [0.1, 0.15) is 0 Å². The molecule has 0 aliphatic heterocycles. The van der Waals surface area contributed by atoms with Crippen LogP contribution in [-0.4, -0.2) is 10.1 Å². The van der Waals surface area contributed by atoms with Crippen molar-refractivity contribution in [1.29, 1.82) is 0 Å². The fraction of sp³-hybridized carbons (Fsp3) is 0.267. The summed E-state index contributed by atoms with van der Waals surface area (Å²) < 4.78 is 0. The summed E-state index contributed by atoms with van der Waals surface area (Å²) in [6, 6.07) is 14.4. The topological polar surface area (TPSA) is 33.1 Å². The highest BCUT2D eigenvalue weighted by atomic mass is 16.3. The molecular weight excluding hydrogens is 210 g/mol. The second-order valence-corrected chi connectivity index (χ2v) is 4.29. The van der Waals surface area contributed by atoms with E-state index in [2.05, 4.69) is 36.2 Å². The maximum Gasteiger partial charge on any atom is 0.0855 e. The minimum Gasteiger partial charge on any atom is -0.390 e. The average Bonchev–Trinajstić information content (AvgIpc) is 2.40. The van der Waals surface area contributed by atoms with Crippen molar-refractivity contribution in [3.8, 4) is 0 Å². The van der Waals surface area contributed by atoms with Gasteiger partial charge < -0.3 is 5.11 Å². The third kappa shape index (κ3) is 2.92. The Hall–Kier alpha value is -1.67. The Bertz CT molecular complexity index is 467. The van der Waals surface area contributed by atoms with Gasteiger partial charge in [-0.25, -0.2) is 0 Å². The van der Waals surface area contributed by atoms with Crippen molar-refractivity contribution in [1.82, 2.24) is 4.98 Å². The van der Waals surface area contributed by atoms with Crippen LogP contribution < -0.4 is 0 Å². The van der Waals surface area contributed by atoms with Gasteiger partial charge in [-0.15, -0.1) is 0 Å². The van der Waals surface area contributed by atoms with Crippen LogP contribution in [0.25, 0.3) is 0 Å². The molecule has 0 spiro atoms. The summed E-state index contributed by atoms with van der Waals surface area (Å²) in [4.78, 5) is 4.21. The van der Waals surface area contributed by atoms with E-state index < -0.39 is 0 Å². The Kier molecular flexibility index (Phi) is 3.89. The van der Waals surface area contributed by atoms with Crippen LogP contribution in [0.2, 0.25) is 0 Å². The first-order valence-corrected chi connectivity index (χ1v) is 5.90. The number of rotatable bonds is 4. The van der Waals surface area contributed by atoms with E-state index in [1.807, 2.05) is 18.2 Å². The van der Waals surface area contributed by atoms with Crippen LogP contribution in [0.3, 0.4) is 0 Å². The molecule has 2 rings (SSSR count). The molecule has 2 heteroatoms. The summed E-state index contributed by atoms with van der Waals surface area (Å²) in [5, 5.41) is 9.27. The Morgan fingerprint density at radius 3 is 2.59 bits per heavy atom. The van der Waals surface area contributed by atoms with Crippen molar-refractivity contribution in [2.45, 2.75) is 25.9 Å². The molecule has 0 bridgehead atoms. The van der Waals surface area contributed by atoms with Gasteiger partial charge >= 0.3 is 0 Å². The van der Waals surface area contributed by atoms with Crippen molar-refractivity contribution in [3.63, 3.8) is 0 Å². The van der Waals surface area contributed by atoms with Crippen molar-refractivity contribution in [2.75, 3.05) is 0 Å². The van der Waals surface area contributed by atoms with E-state index in [0.29, 0.717) is 5.92 Å². The highest BCUT2D eigenvalue weighted by Gasteiger charge is 2.11. The SMILES string of the molecule is CC(Cc1ccccc1)c1cccnc1CO. The van der Waals surface area contributed by atoms with Crippen LogP contribution in [0.5, 0.6) is 0 Å². The van der Waals surface area contributed by atoms with Crippen LogP contribution in [-0.2, 0) is 13.0 Å². The van der Waals surface area contributed by atoms with Gasteiger partial charge in [0.15, 0.2) is 0 Å². The van der Waals surface area contributed by atoms with Gasteiger partial charge in [-0.1, -0.05) is 43.3 Å². The van der Waals surface area contributed by atoms with E-state index in [9.17, 15) is 5.11 Å². The predicted octanol–water partition coefficient (Wildman–Crippen LogP) is 2.92. The molecule has 0 saturated carbocycles. The van der Waals surface area contributed by atoms with Crippen LogP contribution in [0, 0.1) is 0 Å². The number of hydrogen-bond donors (Lipinski definition) is 1. The lowest BCUT2D eigenvalue weighted by Crippen LogP contribution is -2.04. The first-order valence-electron chi connectivity index (χ1n) is 5.90. The lowest BCUT2D eigenvalue weighted by Gasteiger charge is -2.14. The summed E-state index contributed by atoms with van der Waals surface area (Å²) in [5.74, 6) is 0.369. The third-order valence-corrected chi connectivity index (χ3v) is 2.99. The molecule has 1 aromatic carbocycles. The first kappa shape index (κ1) is 11.8. The number of aromatic nitrogens is 1. The van der Waals surface area contributed by atoms with Gasteiger partial charge in [-0.05, 0) is 29.5 Å². The molecule has 1 atom stereocenters. The molecule has 0 fully saturated rings. The van der Waals surface area contributed by atoms with Gasteiger partial charge in [-0.2, -0.15) is 0 Å². The molecule has 2 aromatic rings. The standard InChI is InChI=1S/C15H17NO/c1-12(10-13-6-3-2-4-7-13)14-8-5-9-16-15(14)11-17/h2-9,12,17H,10-11H2,1H3.